The lowest BCUT2D eigenvalue weighted by atomic mass is 9.96. The molecule has 33 heavy (non-hydrogen) atoms. The molecule has 3 aliphatic rings. The summed E-state index contributed by atoms with van der Waals surface area (Å²) in [4.78, 5) is 43.8. The Kier molecular flexibility index (Phi) is 2.89. The van der Waals surface area contributed by atoms with Crippen molar-refractivity contribution in [1.29, 1.82) is 0 Å². The molecule has 2 N–H and O–H groups in total. The van der Waals surface area contributed by atoms with Gasteiger partial charge in [-0.2, -0.15) is 0 Å². The quantitative estimate of drug-likeness (QED) is 0.362. The van der Waals surface area contributed by atoms with Crippen molar-refractivity contribution in [3.05, 3.63) is 59.2 Å². The number of aromatic nitrogens is 2. The van der Waals surface area contributed by atoms with Crippen molar-refractivity contribution in [2.45, 2.75) is 19.1 Å². The summed E-state index contributed by atoms with van der Waals surface area (Å²) in [7, 11) is 0. The first-order chi connectivity index (χ1) is 16.1. The fourth-order valence-electron chi connectivity index (χ4n) is 6.05. The van der Waals surface area contributed by atoms with Crippen molar-refractivity contribution in [2.75, 3.05) is 6.61 Å². The summed E-state index contributed by atoms with van der Waals surface area (Å²) < 4.78 is 7.56. The van der Waals surface area contributed by atoms with Gasteiger partial charge in [0.05, 0.1) is 40.3 Å². The van der Waals surface area contributed by atoms with Crippen molar-refractivity contribution < 1.29 is 19.1 Å². The molecule has 3 aromatic carbocycles. The SMILES string of the molecule is O=C1NC(=O)c2c1c1c3ccccc3[nH]c1c1c2c2cccc3c2n1C[C@@H]1COC(=O)N1C3. The lowest BCUT2D eigenvalue weighted by Crippen LogP contribution is -2.34. The molecule has 0 spiro atoms. The van der Waals surface area contributed by atoms with Crippen LogP contribution in [0.4, 0.5) is 4.79 Å². The van der Waals surface area contributed by atoms with E-state index in [0.717, 1.165) is 49.2 Å². The molecule has 0 bridgehead atoms. The largest absolute Gasteiger partial charge is 0.447 e. The summed E-state index contributed by atoms with van der Waals surface area (Å²) in [5.41, 5.74) is 5.47. The van der Waals surface area contributed by atoms with Crippen LogP contribution in [0, 0.1) is 0 Å². The molecular formula is C25H16N4O4. The van der Waals surface area contributed by atoms with Crippen molar-refractivity contribution in [3.63, 3.8) is 0 Å². The molecule has 0 unspecified atom stereocenters. The second-order valence-corrected chi connectivity index (χ2v) is 8.96. The highest BCUT2D eigenvalue weighted by molar-refractivity contribution is 6.39. The van der Waals surface area contributed by atoms with Crippen LogP contribution in [0.2, 0.25) is 0 Å². The molecule has 160 valence electrons. The Morgan fingerprint density at radius 1 is 0.879 bits per heavy atom. The van der Waals surface area contributed by atoms with Gasteiger partial charge in [-0.05, 0) is 11.6 Å². The summed E-state index contributed by atoms with van der Waals surface area (Å²) in [6.07, 6.45) is -0.298. The first kappa shape index (κ1) is 17.3. The number of benzene rings is 3. The third-order valence-corrected chi connectivity index (χ3v) is 7.35. The van der Waals surface area contributed by atoms with Crippen molar-refractivity contribution >= 4 is 61.5 Å². The van der Waals surface area contributed by atoms with Crippen LogP contribution >= 0.6 is 0 Å². The maximum absolute atomic E-state index is 13.1. The summed E-state index contributed by atoms with van der Waals surface area (Å²) in [5.74, 6) is -0.730. The van der Waals surface area contributed by atoms with E-state index in [9.17, 15) is 14.4 Å². The first-order valence-corrected chi connectivity index (χ1v) is 10.9. The van der Waals surface area contributed by atoms with Crippen LogP contribution in [-0.4, -0.2) is 45.0 Å². The van der Waals surface area contributed by atoms with Crippen LogP contribution < -0.4 is 5.32 Å². The van der Waals surface area contributed by atoms with Gasteiger partial charge in [0.15, 0.2) is 0 Å². The van der Waals surface area contributed by atoms with Gasteiger partial charge in [-0.1, -0.05) is 36.4 Å². The number of imide groups is 1. The van der Waals surface area contributed by atoms with E-state index in [4.69, 9.17) is 4.74 Å². The molecular weight excluding hydrogens is 420 g/mol. The number of ether oxygens (including phenoxy) is 1. The zero-order chi connectivity index (χ0) is 22.0. The number of hydrogen-bond acceptors (Lipinski definition) is 4. The van der Waals surface area contributed by atoms with Crippen molar-refractivity contribution in [2.24, 2.45) is 0 Å². The van der Waals surface area contributed by atoms with Crippen LogP contribution in [-0.2, 0) is 17.8 Å². The maximum atomic E-state index is 13.1. The van der Waals surface area contributed by atoms with Gasteiger partial charge in [0.25, 0.3) is 11.8 Å². The molecule has 0 aliphatic carbocycles. The number of nitrogens with zero attached hydrogens (tertiary/aromatic N) is 2. The number of amides is 3. The highest BCUT2D eigenvalue weighted by Gasteiger charge is 2.40. The van der Waals surface area contributed by atoms with E-state index in [0.29, 0.717) is 30.8 Å². The van der Waals surface area contributed by atoms with E-state index in [2.05, 4.69) is 14.9 Å². The molecule has 8 nitrogen and oxygen atoms in total. The van der Waals surface area contributed by atoms with Crippen LogP contribution in [0.25, 0.3) is 43.6 Å². The zero-order valence-electron chi connectivity index (χ0n) is 17.3. The van der Waals surface area contributed by atoms with Gasteiger partial charge < -0.3 is 14.3 Å². The summed E-state index contributed by atoms with van der Waals surface area (Å²) in [6.45, 7) is 1.32. The molecule has 3 amide bonds. The summed E-state index contributed by atoms with van der Waals surface area (Å²) in [6, 6.07) is 13.7. The highest BCUT2D eigenvalue weighted by atomic mass is 16.6. The highest BCUT2D eigenvalue weighted by Crippen LogP contribution is 2.45. The minimum atomic E-state index is -0.366. The standard InChI is InChI=1S/C25H16N4O4/c30-23-18-16-13-5-1-2-7-15(13)26-20(16)22-17(19(18)24(31)27-23)14-6-3-4-11-8-28-12(10-33-25(28)32)9-29(22)21(11)14/h1-7,12,26H,8-10H2,(H,27,30,31)/t12-/m1/s1. The zero-order valence-corrected chi connectivity index (χ0v) is 17.3. The number of para-hydroxylation sites is 2. The molecule has 2 aromatic heterocycles. The number of aromatic amines is 1. The number of cyclic esters (lactones) is 1. The Labute approximate surface area is 185 Å². The summed E-state index contributed by atoms with van der Waals surface area (Å²) in [5, 5.41) is 5.89. The van der Waals surface area contributed by atoms with Crippen molar-refractivity contribution in [3.8, 4) is 0 Å². The normalized spacial score (nSPS) is 19.5. The average Bonchev–Trinajstić information content (AvgIpc) is 3.49. The van der Waals surface area contributed by atoms with E-state index >= 15 is 0 Å². The molecule has 1 atom stereocenters. The number of H-pyrrole nitrogens is 1. The molecule has 5 aromatic rings. The fraction of sp³-hybridized carbons (Fsp3) is 0.160. The number of nitrogens with one attached hydrogen (secondary N) is 2. The lowest BCUT2D eigenvalue weighted by molar-refractivity contribution is 0.0880. The first-order valence-electron chi connectivity index (χ1n) is 10.9. The van der Waals surface area contributed by atoms with Crippen LogP contribution in [0.3, 0.4) is 0 Å². The van der Waals surface area contributed by atoms with E-state index in [1.54, 1.807) is 4.90 Å². The van der Waals surface area contributed by atoms with E-state index < -0.39 is 0 Å². The van der Waals surface area contributed by atoms with Crippen LogP contribution in [0.1, 0.15) is 26.3 Å². The smallest absolute Gasteiger partial charge is 0.410 e. The molecule has 0 saturated carbocycles. The molecule has 8 heteroatoms. The van der Waals surface area contributed by atoms with Gasteiger partial charge in [0.2, 0.25) is 0 Å². The van der Waals surface area contributed by atoms with E-state index in [1.807, 2.05) is 42.5 Å². The Morgan fingerprint density at radius 3 is 2.55 bits per heavy atom. The lowest BCUT2D eigenvalue weighted by Gasteiger charge is -2.19. The second-order valence-electron chi connectivity index (χ2n) is 8.96. The van der Waals surface area contributed by atoms with Gasteiger partial charge in [-0.3, -0.25) is 19.8 Å². The van der Waals surface area contributed by atoms with E-state index in [1.165, 1.54) is 0 Å². The Balaban J connectivity index is 1.65. The van der Waals surface area contributed by atoms with Crippen molar-refractivity contribution in [1.82, 2.24) is 19.8 Å². The van der Waals surface area contributed by atoms with Gasteiger partial charge >= 0.3 is 6.09 Å². The minimum Gasteiger partial charge on any atom is -0.447 e. The third kappa shape index (κ3) is 1.91. The number of carbonyl (C=O) groups excluding carboxylic acids is 3. The predicted molar refractivity (Wildman–Crippen MR) is 121 cm³/mol. The van der Waals surface area contributed by atoms with Gasteiger partial charge in [0.1, 0.15) is 6.61 Å². The number of fused-ring (bicyclic) bond motifs is 11. The van der Waals surface area contributed by atoms with Crippen LogP contribution in [0.15, 0.2) is 42.5 Å². The van der Waals surface area contributed by atoms with Crippen LogP contribution in [0.5, 0.6) is 0 Å². The molecule has 8 rings (SSSR count). The molecule has 0 radical (unpaired) electrons. The monoisotopic (exact) mass is 436 g/mol. The van der Waals surface area contributed by atoms with E-state index in [-0.39, 0.29) is 23.9 Å². The Bertz CT molecular complexity index is 1780. The molecule has 3 aliphatic heterocycles. The summed E-state index contributed by atoms with van der Waals surface area (Å²) >= 11 is 0. The number of rotatable bonds is 0. The predicted octanol–water partition coefficient (Wildman–Crippen LogP) is 3.65. The van der Waals surface area contributed by atoms with Gasteiger partial charge in [-0.25, -0.2) is 4.79 Å². The molecule has 5 heterocycles. The average molecular weight is 436 g/mol. The minimum absolute atomic E-state index is 0.105. The maximum Gasteiger partial charge on any atom is 0.410 e. The molecule has 1 fully saturated rings. The second kappa shape index (κ2) is 5.53. The Hall–Kier alpha value is -4.33. The Morgan fingerprint density at radius 2 is 1.67 bits per heavy atom. The molecule has 1 saturated heterocycles. The number of hydrogen-bond donors (Lipinski definition) is 2. The topological polar surface area (TPSA) is 96.4 Å². The number of carbonyl (C=O) groups is 3. The van der Waals surface area contributed by atoms with Gasteiger partial charge in [0, 0.05) is 33.6 Å². The van der Waals surface area contributed by atoms with Gasteiger partial charge in [-0.15, -0.1) is 0 Å². The third-order valence-electron chi connectivity index (χ3n) is 7.35. The fourth-order valence-corrected chi connectivity index (χ4v) is 6.05.